The van der Waals surface area contributed by atoms with Gasteiger partial charge in [-0.1, -0.05) is 72.8 Å². The Hall–Kier alpha value is -3.11. The molecule has 8 heteroatoms. The van der Waals surface area contributed by atoms with Crippen molar-refractivity contribution in [1.29, 1.82) is 0 Å². The van der Waals surface area contributed by atoms with Crippen LogP contribution in [0.1, 0.15) is 30.4 Å². The molecule has 7 nitrogen and oxygen atoms in total. The second kappa shape index (κ2) is 14.4. The van der Waals surface area contributed by atoms with Gasteiger partial charge in [0.2, 0.25) is 9.70 Å². The number of esters is 1. The lowest BCUT2D eigenvalue weighted by Crippen LogP contribution is -2.41. The molecule has 0 fully saturated rings. The van der Waals surface area contributed by atoms with Gasteiger partial charge in [-0.15, -0.1) is 0 Å². The van der Waals surface area contributed by atoms with E-state index in [1.54, 1.807) is 22.6 Å². The molecule has 0 saturated carbocycles. The van der Waals surface area contributed by atoms with Crippen LogP contribution in [0.15, 0.2) is 72.8 Å². The van der Waals surface area contributed by atoms with Gasteiger partial charge < -0.3 is 14.8 Å². The molecule has 1 unspecified atom stereocenters. The number of rotatable bonds is 14. The standard InChI is InChI=1S/C28H28INO6/c29-28(34)25(17-21-10-11-22-8-4-5-9-23(22)16-21)30-26(32)18-24(31)12-14-35-15-13-27(33)36-19-20-6-2-1-3-7-20/h1-11,16,25H,12-15,17-19H2,(H,30,32). The highest BCUT2D eigenvalue weighted by Crippen LogP contribution is 2.17. The van der Waals surface area contributed by atoms with Crippen molar-refractivity contribution in [2.75, 3.05) is 13.2 Å². The van der Waals surface area contributed by atoms with Gasteiger partial charge in [0, 0.05) is 35.4 Å². The zero-order chi connectivity index (χ0) is 25.8. The highest BCUT2D eigenvalue weighted by molar-refractivity contribution is 14.1. The Balaban J connectivity index is 1.33. The Morgan fingerprint density at radius 1 is 0.806 bits per heavy atom. The number of Topliss-reactive ketones (excluding diaryl/α,β-unsaturated/α-hetero) is 1. The zero-order valence-corrected chi connectivity index (χ0v) is 21.9. The minimum Gasteiger partial charge on any atom is -0.461 e. The molecule has 0 radical (unpaired) electrons. The number of carbonyl (C=O) groups is 4. The molecule has 0 aromatic heterocycles. The smallest absolute Gasteiger partial charge is 0.308 e. The van der Waals surface area contributed by atoms with Crippen molar-refractivity contribution in [3.63, 3.8) is 0 Å². The van der Waals surface area contributed by atoms with Crippen molar-refractivity contribution in [3.8, 4) is 0 Å². The molecular formula is C28H28INO6. The Labute approximate surface area is 223 Å². The van der Waals surface area contributed by atoms with Crippen LogP contribution >= 0.6 is 22.6 Å². The largest absolute Gasteiger partial charge is 0.461 e. The second-order valence-electron chi connectivity index (χ2n) is 8.28. The van der Waals surface area contributed by atoms with Crippen molar-refractivity contribution >= 4 is 54.8 Å². The molecule has 0 aliphatic heterocycles. The number of hydrogen-bond acceptors (Lipinski definition) is 6. The van der Waals surface area contributed by atoms with Crippen molar-refractivity contribution in [2.24, 2.45) is 0 Å². The van der Waals surface area contributed by atoms with Crippen LogP contribution in [0.5, 0.6) is 0 Å². The van der Waals surface area contributed by atoms with Crippen LogP contribution in [0.4, 0.5) is 0 Å². The maximum atomic E-state index is 12.3. The van der Waals surface area contributed by atoms with Crippen LogP contribution in [0.2, 0.25) is 0 Å². The Morgan fingerprint density at radius 2 is 1.50 bits per heavy atom. The highest BCUT2D eigenvalue weighted by atomic mass is 127. The molecule has 1 N–H and O–H groups in total. The molecule has 0 spiro atoms. The van der Waals surface area contributed by atoms with E-state index < -0.39 is 11.9 Å². The summed E-state index contributed by atoms with van der Waals surface area (Å²) < 4.78 is 10.3. The number of fused-ring (bicyclic) bond motifs is 1. The summed E-state index contributed by atoms with van der Waals surface area (Å²) in [7, 11) is 0. The third kappa shape index (κ3) is 9.50. The van der Waals surface area contributed by atoms with Gasteiger partial charge in [0.1, 0.15) is 18.4 Å². The first-order valence-electron chi connectivity index (χ1n) is 11.7. The predicted molar refractivity (Wildman–Crippen MR) is 145 cm³/mol. The maximum Gasteiger partial charge on any atom is 0.308 e. The number of ether oxygens (including phenoxy) is 2. The van der Waals surface area contributed by atoms with E-state index in [0.717, 1.165) is 21.9 Å². The molecule has 0 saturated heterocycles. The molecule has 36 heavy (non-hydrogen) atoms. The minimum atomic E-state index is -0.717. The predicted octanol–water partition coefficient (Wildman–Crippen LogP) is 4.33. The monoisotopic (exact) mass is 601 g/mol. The fourth-order valence-corrected chi connectivity index (χ4v) is 3.93. The lowest BCUT2D eigenvalue weighted by atomic mass is 10.0. The van der Waals surface area contributed by atoms with E-state index >= 15 is 0 Å². The summed E-state index contributed by atoms with van der Waals surface area (Å²) in [5.74, 6) is -1.18. The first-order valence-corrected chi connectivity index (χ1v) is 12.7. The van der Waals surface area contributed by atoms with E-state index in [-0.39, 0.29) is 54.6 Å². The number of ketones is 1. The van der Waals surface area contributed by atoms with E-state index in [1.807, 2.05) is 72.8 Å². The first kappa shape index (κ1) is 27.5. The quantitative estimate of drug-likeness (QED) is 0.0972. The molecule has 1 atom stereocenters. The van der Waals surface area contributed by atoms with E-state index in [2.05, 4.69) is 5.32 Å². The summed E-state index contributed by atoms with van der Waals surface area (Å²) in [5.41, 5.74) is 1.82. The van der Waals surface area contributed by atoms with Crippen LogP contribution in [0, 0.1) is 0 Å². The highest BCUT2D eigenvalue weighted by Gasteiger charge is 2.20. The third-order valence-corrected chi connectivity index (χ3v) is 6.19. The molecule has 3 aromatic rings. The molecular weight excluding hydrogens is 573 g/mol. The van der Waals surface area contributed by atoms with Gasteiger partial charge in [0.15, 0.2) is 0 Å². The van der Waals surface area contributed by atoms with Crippen LogP contribution in [-0.2, 0) is 41.7 Å². The molecule has 0 aliphatic rings. The van der Waals surface area contributed by atoms with Crippen molar-refractivity contribution in [3.05, 3.63) is 83.9 Å². The van der Waals surface area contributed by atoms with Gasteiger partial charge in [-0.05, 0) is 21.9 Å². The number of carbonyl (C=O) groups excluding carboxylic acids is 4. The van der Waals surface area contributed by atoms with Gasteiger partial charge in [0.05, 0.1) is 26.1 Å². The molecule has 3 aromatic carbocycles. The van der Waals surface area contributed by atoms with Gasteiger partial charge in [-0.25, -0.2) is 0 Å². The van der Waals surface area contributed by atoms with Gasteiger partial charge in [-0.3, -0.25) is 19.2 Å². The fraction of sp³-hybridized carbons (Fsp3) is 0.286. The SMILES string of the molecule is O=C(CCOCCC(=O)OCc1ccccc1)CC(=O)NC(Cc1ccc2ccccc2c1)C(=O)I. The Kier molecular flexibility index (Phi) is 11.0. The van der Waals surface area contributed by atoms with E-state index in [1.165, 1.54) is 0 Å². The van der Waals surface area contributed by atoms with Crippen molar-refractivity contribution in [2.45, 2.75) is 38.3 Å². The number of benzene rings is 3. The first-order chi connectivity index (χ1) is 17.4. The minimum absolute atomic E-state index is 0.0417. The molecule has 0 aliphatic carbocycles. The summed E-state index contributed by atoms with van der Waals surface area (Å²) in [6.07, 6.45) is 0.131. The normalized spacial score (nSPS) is 11.6. The van der Waals surface area contributed by atoms with Gasteiger partial charge in [0.25, 0.3) is 0 Å². The van der Waals surface area contributed by atoms with Crippen LogP contribution in [-0.4, -0.2) is 40.7 Å². The topological polar surface area (TPSA) is 98.8 Å². The molecule has 188 valence electrons. The molecule has 0 bridgehead atoms. The summed E-state index contributed by atoms with van der Waals surface area (Å²) in [4.78, 5) is 48.3. The maximum absolute atomic E-state index is 12.3. The third-order valence-electron chi connectivity index (χ3n) is 5.44. The van der Waals surface area contributed by atoms with Crippen molar-refractivity contribution < 1.29 is 28.7 Å². The Bertz CT molecular complexity index is 1200. The van der Waals surface area contributed by atoms with Gasteiger partial charge in [-0.2, -0.15) is 0 Å². The average Bonchev–Trinajstić information content (AvgIpc) is 2.87. The summed E-state index contributed by atoms with van der Waals surface area (Å²) in [6, 6.07) is 22.5. The van der Waals surface area contributed by atoms with Crippen LogP contribution in [0.25, 0.3) is 10.8 Å². The van der Waals surface area contributed by atoms with E-state index in [4.69, 9.17) is 9.47 Å². The van der Waals surface area contributed by atoms with Crippen molar-refractivity contribution in [1.82, 2.24) is 5.32 Å². The average molecular weight is 601 g/mol. The van der Waals surface area contributed by atoms with Gasteiger partial charge >= 0.3 is 5.97 Å². The van der Waals surface area contributed by atoms with E-state index in [9.17, 15) is 19.2 Å². The molecule has 0 heterocycles. The number of nitrogens with one attached hydrogen (secondary N) is 1. The zero-order valence-electron chi connectivity index (χ0n) is 19.8. The fourth-order valence-electron chi connectivity index (χ4n) is 3.56. The number of amides is 1. The second-order valence-corrected chi connectivity index (χ2v) is 9.35. The summed E-state index contributed by atoms with van der Waals surface area (Å²) in [5, 5.41) is 4.82. The van der Waals surface area contributed by atoms with E-state index in [0.29, 0.717) is 6.42 Å². The lowest BCUT2D eigenvalue weighted by molar-refractivity contribution is -0.146. The molecule has 1 amide bonds. The Morgan fingerprint density at radius 3 is 2.25 bits per heavy atom. The van der Waals surface area contributed by atoms with Crippen LogP contribution in [0.3, 0.4) is 0 Å². The number of hydrogen-bond donors (Lipinski definition) is 1. The molecule has 3 rings (SSSR count). The lowest BCUT2D eigenvalue weighted by Gasteiger charge is -2.15. The van der Waals surface area contributed by atoms with Crippen LogP contribution < -0.4 is 5.32 Å². The summed E-state index contributed by atoms with van der Waals surface area (Å²) >= 11 is 1.67. The summed E-state index contributed by atoms with van der Waals surface area (Å²) in [6.45, 7) is 0.433. The number of halogens is 1.